The van der Waals surface area contributed by atoms with Gasteiger partial charge in [0.25, 0.3) is 5.91 Å². The van der Waals surface area contributed by atoms with Crippen LogP contribution in [0.4, 0.5) is 5.69 Å². The van der Waals surface area contributed by atoms with E-state index in [0.717, 1.165) is 18.7 Å². The zero-order valence-corrected chi connectivity index (χ0v) is 17.8. The van der Waals surface area contributed by atoms with E-state index in [0.29, 0.717) is 30.2 Å². The van der Waals surface area contributed by atoms with Gasteiger partial charge >= 0.3 is 0 Å². The molecule has 3 aliphatic heterocycles. The standard InChI is InChI=1S/C25H28N4O4/c30-23-9-8-22(24(31)27-23)29-16-20-19(25(29)32)2-1-3-21(20)26-14-17-4-6-18(7-5-17)15-28-10-12-33-13-11-28/h1-7,22,26H,8-16H2,(H,27,30,31)/i8D2,9D2,14D2,22D. The molecule has 172 valence electrons. The highest BCUT2D eigenvalue weighted by Crippen LogP contribution is 2.32. The van der Waals surface area contributed by atoms with Gasteiger partial charge in [0, 0.05) is 61.3 Å². The molecule has 2 aromatic rings. The molecule has 0 spiro atoms. The fraction of sp³-hybridized carbons (Fsp3) is 0.400. The fourth-order valence-corrected chi connectivity index (χ4v) is 4.04. The second kappa shape index (κ2) is 9.33. The predicted octanol–water partition coefficient (Wildman–Crippen LogP) is 1.89. The van der Waals surface area contributed by atoms with Crippen molar-refractivity contribution < 1.29 is 28.7 Å². The second-order valence-corrected chi connectivity index (χ2v) is 7.94. The average Bonchev–Trinajstić information content (AvgIpc) is 3.25. The molecule has 0 bridgehead atoms. The Morgan fingerprint density at radius 1 is 1.12 bits per heavy atom. The van der Waals surface area contributed by atoms with E-state index >= 15 is 0 Å². The van der Waals surface area contributed by atoms with Crippen LogP contribution in [0.1, 0.15) is 49.4 Å². The van der Waals surface area contributed by atoms with Crippen molar-refractivity contribution in [3.63, 3.8) is 0 Å². The zero-order valence-electron chi connectivity index (χ0n) is 24.8. The smallest absolute Gasteiger partial charge is 0.255 e. The van der Waals surface area contributed by atoms with Crippen LogP contribution in [0.3, 0.4) is 0 Å². The van der Waals surface area contributed by atoms with Gasteiger partial charge in [-0.25, -0.2) is 0 Å². The first-order chi connectivity index (χ1) is 18.7. The number of amides is 3. The summed E-state index contributed by atoms with van der Waals surface area (Å²) >= 11 is 0. The predicted molar refractivity (Wildman–Crippen MR) is 122 cm³/mol. The van der Waals surface area contributed by atoms with Gasteiger partial charge in [-0.2, -0.15) is 0 Å². The van der Waals surface area contributed by atoms with Crippen molar-refractivity contribution in [3.8, 4) is 0 Å². The van der Waals surface area contributed by atoms with Crippen LogP contribution in [0.2, 0.25) is 0 Å². The normalized spacial score (nSPS) is 30.0. The van der Waals surface area contributed by atoms with E-state index in [4.69, 9.17) is 14.3 Å². The van der Waals surface area contributed by atoms with Gasteiger partial charge in [-0.05, 0) is 29.6 Å². The van der Waals surface area contributed by atoms with Gasteiger partial charge in [0.1, 0.15) is 6.02 Å². The molecule has 1 atom stereocenters. The summed E-state index contributed by atoms with van der Waals surface area (Å²) < 4.78 is 63.8. The number of hydrogen-bond acceptors (Lipinski definition) is 6. The summed E-state index contributed by atoms with van der Waals surface area (Å²) in [7, 11) is 0. The molecule has 3 aliphatic rings. The van der Waals surface area contributed by atoms with E-state index in [1.807, 2.05) is 12.1 Å². The second-order valence-electron chi connectivity index (χ2n) is 7.94. The molecule has 5 rings (SSSR count). The Labute approximate surface area is 202 Å². The Hall–Kier alpha value is -3.23. The maximum absolute atomic E-state index is 13.3. The molecule has 33 heavy (non-hydrogen) atoms. The molecular weight excluding hydrogens is 420 g/mol. The number of morpholine rings is 1. The van der Waals surface area contributed by atoms with Crippen molar-refractivity contribution in [2.45, 2.75) is 38.4 Å². The molecule has 1 unspecified atom stereocenters. The van der Waals surface area contributed by atoms with Crippen LogP contribution in [0.5, 0.6) is 0 Å². The molecule has 3 amide bonds. The molecule has 2 saturated heterocycles. The van der Waals surface area contributed by atoms with Crippen LogP contribution >= 0.6 is 0 Å². The number of hydrogen-bond donors (Lipinski definition) is 2. The number of fused-ring (bicyclic) bond motifs is 1. The van der Waals surface area contributed by atoms with Gasteiger partial charge in [0.2, 0.25) is 11.8 Å². The molecular formula is C25H28N4O4. The highest BCUT2D eigenvalue weighted by Gasteiger charge is 2.39. The largest absolute Gasteiger partial charge is 0.381 e. The number of nitrogens with one attached hydrogen (secondary N) is 2. The maximum atomic E-state index is 13.3. The molecule has 8 heteroatoms. The van der Waals surface area contributed by atoms with E-state index in [1.54, 1.807) is 17.4 Å². The Bertz CT molecular complexity index is 1370. The van der Waals surface area contributed by atoms with Crippen molar-refractivity contribution in [1.82, 2.24) is 15.1 Å². The first kappa shape index (κ1) is 14.8. The van der Waals surface area contributed by atoms with E-state index in [2.05, 4.69) is 10.2 Å². The summed E-state index contributed by atoms with van der Waals surface area (Å²) in [6.45, 7) is 1.13. The van der Waals surface area contributed by atoms with Gasteiger partial charge in [-0.3, -0.25) is 24.6 Å². The summed E-state index contributed by atoms with van der Waals surface area (Å²) in [5.41, 5.74) is 1.75. The van der Waals surface area contributed by atoms with Crippen LogP contribution in [0, 0.1) is 0 Å². The number of carbonyl (C=O) groups excluding carboxylic acids is 3. The molecule has 0 saturated carbocycles. The van der Waals surface area contributed by atoms with Crippen LogP contribution in [0.25, 0.3) is 0 Å². The van der Waals surface area contributed by atoms with Crippen molar-refractivity contribution in [2.75, 3.05) is 31.6 Å². The molecule has 8 nitrogen and oxygen atoms in total. The number of anilines is 1. The summed E-state index contributed by atoms with van der Waals surface area (Å²) in [5, 5.41) is 4.48. The van der Waals surface area contributed by atoms with Gasteiger partial charge in [-0.15, -0.1) is 0 Å². The van der Waals surface area contributed by atoms with Crippen molar-refractivity contribution >= 4 is 23.4 Å². The lowest BCUT2D eigenvalue weighted by molar-refractivity contribution is -0.136. The van der Waals surface area contributed by atoms with Gasteiger partial charge < -0.3 is 15.0 Å². The Morgan fingerprint density at radius 2 is 1.88 bits per heavy atom. The first-order valence-corrected chi connectivity index (χ1v) is 10.7. The lowest BCUT2D eigenvalue weighted by atomic mass is 10.0. The van der Waals surface area contributed by atoms with Crippen LogP contribution in [0.15, 0.2) is 42.5 Å². The van der Waals surface area contributed by atoms with E-state index in [-0.39, 0.29) is 16.8 Å². The number of ether oxygens (including phenoxy) is 1. The minimum Gasteiger partial charge on any atom is -0.381 e. The molecule has 0 radical (unpaired) electrons. The van der Waals surface area contributed by atoms with Gasteiger partial charge in [-0.1, -0.05) is 30.3 Å². The van der Waals surface area contributed by atoms with E-state index in [1.165, 1.54) is 18.2 Å². The number of piperidine rings is 1. The quantitative estimate of drug-likeness (QED) is 0.647. The van der Waals surface area contributed by atoms with Gasteiger partial charge in [0.15, 0.2) is 0 Å². The molecule has 2 N–H and O–H groups in total. The molecule has 2 aromatic carbocycles. The molecule has 3 heterocycles. The van der Waals surface area contributed by atoms with Crippen LogP contribution in [-0.2, 0) is 33.9 Å². The Morgan fingerprint density at radius 3 is 2.67 bits per heavy atom. The summed E-state index contributed by atoms with van der Waals surface area (Å²) in [6.07, 6.45) is -6.66. The van der Waals surface area contributed by atoms with E-state index in [9.17, 15) is 14.4 Å². The molecule has 2 fully saturated rings. The summed E-state index contributed by atoms with van der Waals surface area (Å²) in [4.78, 5) is 40.9. The lowest BCUT2D eigenvalue weighted by Crippen LogP contribution is -2.52. The highest BCUT2D eigenvalue weighted by atomic mass is 16.5. The maximum Gasteiger partial charge on any atom is 0.255 e. The highest BCUT2D eigenvalue weighted by molar-refractivity contribution is 6.06. The number of imide groups is 1. The van der Waals surface area contributed by atoms with E-state index < -0.39 is 49.5 Å². The minimum absolute atomic E-state index is 0.00865. The van der Waals surface area contributed by atoms with Gasteiger partial charge in [0.05, 0.1) is 17.3 Å². The van der Waals surface area contributed by atoms with Crippen molar-refractivity contribution in [2.24, 2.45) is 0 Å². The first-order valence-electron chi connectivity index (χ1n) is 14.2. The lowest BCUT2D eigenvalue weighted by Gasteiger charge is -2.29. The SMILES string of the molecule is [2H]C([2H])(Nc1cccc2c1CN(C1([2H])C(=O)NC(=O)C([2H])([2H])C1([2H])[2H])C2=O)c1ccc(CN2CCOCC2)cc1. The average molecular weight is 456 g/mol. The number of nitrogens with zero attached hydrogens (tertiary/aromatic N) is 2. The number of benzene rings is 2. The fourth-order valence-electron chi connectivity index (χ4n) is 4.04. The van der Waals surface area contributed by atoms with Crippen molar-refractivity contribution in [3.05, 3.63) is 64.7 Å². The van der Waals surface area contributed by atoms with Crippen molar-refractivity contribution in [1.29, 1.82) is 0 Å². The summed E-state index contributed by atoms with van der Waals surface area (Å²) in [5.74, 6) is -3.90. The minimum atomic E-state index is -3.39. The molecule has 0 aromatic heterocycles. The summed E-state index contributed by atoms with van der Waals surface area (Å²) in [6, 6.07) is 8.33. The zero-order chi connectivity index (χ0) is 29.1. The van der Waals surface area contributed by atoms with Crippen LogP contribution < -0.4 is 10.6 Å². The topological polar surface area (TPSA) is 91.0 Å². The Balaban J connectivity index is 1.39. The third kappa shape index (κ3) is 4.62. The Kier molecular flexibility index (Phi) is 4.19. The number of carbonyl (C=O) groups is 3. The third-order valence-corrected chi connectivity index (χ3v) is 5.78. The number of rotatable bonds is 6. The monoisotopic (exact) mass is 455 g/mol. The third-order valence-electron chi connectivity index (χ3n) is 5.78. The molecule has 0 aliphatic carbocycles. The van der Waals surface area contributed by atoms with Crippen LogP contribution in [-0.4, -0.2) is 59.8 Å².